The Morgan fingerprint density at radius 3 is 2.55 bits per heavy atom. The highest BCUT2D eigenvalue weighted by Gasteiger charge is 2.22. The fourth-order valence-corrected chi connectivity index (χ4v) is 4.34. The van der Waals surface area contributed by atoms with Crippen molar-refractivity contribution in [3.63, 3.8) is 0 Å². The third kappa shape index (κ3) is 4.58. The summed E-state index contributed by atoms with van der Waals surface area (Å²) in [5.74, 6) is 0.930. The van der Waals surface area contributed by atoms with Crippen LogP contribution >= 0.6 is 0 Å². The lowest BCUT2D eigenvalue weighted by Gasteiger charge is -2.34. The van der Waals surface area contributed by atoms with E-state index >= 15 is 0 Å². The van der Waals surface area contributed by atoms with Gasteiger partial charge in [-0.05, 0) is 53.9 Å². The van der Waals surface area contributed by atoms with Gasteiger partial charge < -0.3 is 14.7 Å². The molecular formula is C26H30N2O3. The average molecular weight is 419 g/mol. The van der Waals surface area contributed by atoms with E-state index in [1.807, 2.05) is 35.2 Å². The monoisotopic (exact) mass is 418 g/mol. The third-order valence-corrected chi connectivity index (χ3v) is 6.06. The lowest BCUT2D eigenvalue weighted by molar-refractivity contribution is 0.0629. The highest BCUT2D eigenvalue weighted by molar-refractivity contribution is 6.03. The van der Waals surface area contributed by atoms with Crippen molar-refractivity contribution in [2.75, 3.05) is 46.4 Å². The van der Waals surface area contributed by atoms with E-state index in [0.717, 1.165) is 72.4 Å². The Hall–Kier alpha value is -2.89. The fraction of sp³-hybridized carbons (Fsp3) is 0.346. The van der Waals surface area contributed by atoms with Crippen LogP contribution in [0.3, 0.4) is 0 Å². The molecule has 3 aromatic carbocycles. The number of hydrogen-bond donors (Lipinski definition) is 1. The van der Waals surface area contributed by atoms with Gasteiger partial charge >= 0.3 is 0 Å². The zero-order valence-corrected chi connectivity index (χ0v) is 18.3. The SMILES string of the molecule is COc1ccc(C)cc1-c1cccc2cc(C(=O)N3CCN(CCCO)CC3)ccc12. The van der Waals surface area contributed by atoms with Crippen molar-refractivity contribution in [2.45, 2.75) is 13.3 Å². The zero-order chi connectivity index (χ0) is 21.8. The van der Waals surface area contributed by atoms with Gasteiger partial charge in [0.1, 0.15) is 5.75 Å². The first kappa shape index (κ1) is 21.3. The van der Waals surface area contributed by atoms with E-state index in [1.165, 1.54) is 5.56 Å². The van der Waals surface area contributed by atoms with Gasteiger partial charge in [-0.15, -0.1) is 0 Å². The lowest BCUT2D eigenvalue weighted by Crippen LogP contribution is -2.48. The number of piperazine rings is 1. The molecule has 1 aliphatic rings. The molecule has 0 saturated carbocycles. The van der Waals surface area contributed by atoms with Crippen molar-refractivity contribution in [2.24, 2.45) is 0 Å². The molecule has 5 nitrogen and oxygen atoms in total. The second-order valence-corrected chi connectivity index (χ2v) is 8.16. The van der Waals surface area contributed by atoms with E-state index in [-0.39, 0.29) is 12.5 Å². The molecule has 1 amide bonds. The molecular weight excluding hydrogens is 388 g/mol. The van der Waals surface area contributed by atoms with Crippen molar-refractivity contribution in [1.82, 2.24) is 9.80 Å². The number of aliphatic hydroxyl groups is 1. The maximum Gasteiger partial charge on any atom is 0.253 e. The molecule has 162 valence electrons. The summed E-state index contributed by atoms with van der Waals surface area (Å²) in [6.45, 7) is 6.35. The van der Waals surface area contributed by atoms with Crippen LogP contribution in [0.5, 0.6) is 5.75 Å². The molecule has 3 aromatic rings. The molecule has 0 unspecified atom stereocenters. The highest BCUT2D eigenvalue weighted by atomic mass is 16.5. The van der Waals surface area contributed by atoms with Crippen LogP contribution in [-0.2, 0) is 0 Å². The summed E-state index contributed by atoms with van der Waals surface area (Å²) < 4.78 is 5.60. The normalized spacial score (nSPS) is 14.7. The predicted molar refractivity (Wildman–Crippen MR) is 125 cm³/mol. The number of methoxy groups -OCH3 is 1. The summed E-state index contributed by atoms with van der Waals surface area (Å²) in [5.41, 5.74) is 4.07. The standard InChI is InChI=1S/C26H30N2O3/c1-19-7-10-25(31-2)24(17-19)23-6-3-5-20-18-21(8-9-22(20)23)26(30)28-14-12-27(13-15-28)11-4-16-29/h3,5-10,17-18,29H,4,11-16H2,1-2H3. The Morgan fingerprint density at radius 1 is 1.00 bits per heavy atom. The number of carbonyl (C=O) groups is 1. The topological polar surface area (TPSA) is 53.0 Å². The number of ether oxygens (including phenoxy) is 1. The summed E-state index contributed by atoms with van der Waals surface area (Å²) >= 11 is 0. The number of hydrogen-bond acceptors (Lipinski definition) is 4. The minimum Gasteiger partial charge on any atom is -0.496 e. The third-order valence-electron chi connectivity index (χ3n) is 6.06. The van der Waals surface area contributed by atoms with Crippen LogP contribution < -0.4 is 4.74 Å². The van der Waals surface area contributed by atoms with Gasteiger partial charge in [0, 0.05) is 50.5 Å². The molecule has 1 aliphatic heterocycles. The zero-order valence-electron chi connectivity index (χ0n) is 18.3. The van der Waals surface area contributed by atoms with Crippen LogP contribution in [0.4, 0.5) is 0 Å². The first-order chi connectivity index (χ1) is 15.1. The smallest absolute Gasteiger partial charge is 0.253 e. The number of amides is 1. The first-order valence-corrected chi connectivity index (χ1v) is 10.9. The van der Waals surface area contributed by atoms with Crippen molar-refractivity contribution in [3.05, 3.63) is 65.7 Å². The Bertz CT molecular complexity index is 1070. The van der Waals surface area contributed by atoms with Crippen LogP contribution in [0.25, 0.3) is 21.9 Å². The number of aliphatic hydroxyl groups excluding tert-OH is 1. The predicted octanol–water partition coefficient (Wildman–Crippen LogP) is 3.96. The van der Waals surface area contributed by atoms with E-state index < -0.39 is 0 Å². The number of nitrogens with zero attached hydrogens (tertiary/aromatic N) is 2. The molecule has 1 fully saturated rings. The summed E-state index contributed by atoms with van der Waals surface area (Å²) in [6, 6.07) is 18.4. The molecule has 4 rings (SSSR count). The van der Waals surface area contributed by atoms with E-state index in [4.69, 9.17) is 9.84 Å². The molecule has 0 aromatic heterocycles. The molecule has 0 atom stereocenters. The fourth-order valence-electron chi connectivity index (χ4n) is 4.34. The van der Waals surface area contributed by atoms with Gasteiger partial charge in [0.05, 0.1) is 7.11 Å². The van der Waals surface area contributed by atoms with Crippen molar-refractivity contribution in [1.29, 1.82) is 0 Å². The van der Waals surface area contributed by atoms with Gasteiger partial charge in [-0.2, -0.15) is 0 Å². The second kappa shape index (κ2) is 9.50. The van der Waals surface area contributed by atoms with Crippen LogP contribution in [-0.4, -0.2) is 67.3 Å². The van der Waals surface area contributed by atoms with Gasteiger partial charge in [0.2, 0.25) is 0 Å². The maximum absolute atomic E-state index is 13.1. The number of rotatable bonds is 6. The molecule has 0 aliphatic carbocycles. The number of fused-ring (bicyclic) bond motifs is 1. The second-order valence-electron chi connectivity index (χ2n) is 8.16. The number of carbonyl (C=O) groups excluding carboxylic acids is 1. The summed E-state index contributed by atoms with van der Waals surface area (Å²) in [7, 11) is 1.69. The van der Waals surface area contributed by atoms with Crippen LogP contribution in [0.2, 0.25) is 0 Å². The Balaban J connectivity index is 1.59. The van der Waals surface area contributed by atoms with Gasteiger partial charge in [-0.3, -0.25) is 9.69 Å². The minimum atomic E-state index is 0.0854. The van der Waals surface area contributed by atoms with Gasteiger partial charge in [-0.1, -0.05) is 35.9 Å². The summed E-state index contributed by atoms with van der Waals surface area (Å²) in [4.78, 5) is 17.4. The van der Waals surface area contributed by atoms with Gasteiger partial charge in [0.25, 0.3) is 5.91 Å². The molecule has 0 spiro atoms. The Morgan fingerprint density at radius 2 is 1.81 bits per heavy atom. The van der Waals surface area contributed by atoms with Crippen LogP contribution in [0.1, 0.15) is 22.3 Å². The van der Waals surface area contributed by atoms with Gasteiger partial charge in [0.15, 0.2) is 0 Å². The van der Waals surface area contributed by atoms with Crippen LogP contribution in [0, 0.1) is 6.92 Å². The quantitative estimate of drug-likeness (QED) is 0.658. The van der Waals surface area contributed by atoms with Crippen molar-refractivity contribution in [3.8, 4) is 16.9 Å². The summed E-state index contributed by atoms with van der Waals surface area (Å²) in [5, 5.41) is 11.2. The van der Waals surface area contributed by atoms with Crippen molar-refractivity contribution < 1.29 is 14.6 Å². The molecule has 31 heavy (non-hydrogen) atoms. The van der Waals surface area contributed by atoms with E-state index in [0.29, 0.717) is 0 Å². The Labute approximate surface area is 183 Å². The highest BCUT2D eigenvalue weighted by Crippen LogP contribution is 2.36. The molecule has 1 saturated heterocycles. The van der Waals surface area contributed by atoms with Crippen LogP contribution in [0.15, 0.2) is 54.6 Å². The number of aryl methyl sites for hydroxylation is 1. The lowest BCUT2D eigenvalue weighted by atomic mass is 9.95. The number of benzene rings is 3. The molecule has 1 heterocycles. The molecule has 5 heteroatoms. The van der Waals surface area contributed by atoms with E-state index in [1.54, 1.807) is 7.11 Å². The maximum atomic E-state index is 13.1. The minimum absolute atomic E-state index is 0.0854. The van der Waals surface area contributed by atoms with Crippen molar-refractivity contribution >= 4 is 16.7 Å². The summed E-state index contributed by atoms with van der Waals surface area (Å²) in [6.07, 6.45) is 0.784. The first-order valence-electron chi connectivity index (χ1n) is 10.9. The van der Waals surface area contributed by atoms with Gasteiger partial charge in [-0.25, -0.2) is 0 Å². The van der Waals surface area contributed by atoms with E-state index in [9.17, 15) is 4.79 Å². The average Bonchev–Trinajstić information content (AvgIpc) is 2.81. The molecule has 0 radical (unpaired) electrons. The Kier molecular flexibility index (Phi) is 6.54. The molecule has 1 N–H and O–H groups in total. The molecule has 0 bridgehead atoms. The largest absolute Gasteiger partial charge is 0.496 e. The van der Waals surface area contributed by atoms with E-state index in [2.05, 4.69) is 36.1 Å².